The van der Waals surface area contributed by atoms with Crippen molar-refractivity contribution in [1.82, 2.24) is 20.3 Å². The third kappa shape index (κ3) is 5.35. The summed E-state index contributed by atoms with van der Waals surface area (Å²) in [6, 6.07) is 11.1. The average Bonchev–Trinajstić information content (AvgIpc) is 3.11. The number of hydrogen-bond acceptors (Lipinski definition) is 8. The van der Waals surface area contributed by atoms with E-state index in [1.165, 1.54) is 11.9 Å². The van der Waals surface area contributed by atoms with Gasteiger partial charge in [-0.15, -0.1) is 4.79 Å². The number of anilines is 2. The summed E-state index contributed by atoms with van der Waals surface area (Å²) in [6.07, 6.45) is 0. The molecule has 0 spiro atoms. The molecule has 0 aliphatic heterocycles. The minimum absolute atomic E-state index is 0.149. The minimum Gasteiger partial charge on any atom is -0.493 e. The highest BCUT2D eigenvalue weighted by atomic mass is 79.9. The van der Waals surface area contributed by atoms with Gasteiger partial charge < -0.3 is 25.9 Å². The van der Waals surface area contributed by atoms with Crippen molar-refractivity contribution >= 4 is 33.5 Å². The smallest absolute Gasteiger partial charge is 0.262 e. The summed E-state index contributed by atoms with van der Waals surface area (Å²) in [7, 11) is 1.53. The van der Waals surface area contributed by atoms with E-state index in [-0.39, 0.29) is 18.5 Å². The molecule has 0 radical (unpaired) electrons. The number of hydrogen-bond donors (Lipinski definition) is 3. The number of halogens is 1. The second-order valence-electron chi connectivity index (χ2n) is 6.10. The SMILES string of the molecule is COc1cc(CNn2nnnc2N)cc(Br)c1OCC(=O)Nc1ccc(C)cc1. The number of ether oxygens (including phenoxy) is 2. The lowest BCUT2D eigenvalue weighted by Gasteiger charge is -2.15. The average molecular weight is 462 g/mol. The number of amides is 1. The lowest BCUT2D eigenvalue weighted by atomic mass is 10.2. The Morgan fingerprint density at radius 1 is 1.28 bits per heavy atom. The van der Waals surface area contributed by atoms with Crippen molar-refractivity contribution in [2.24, 2.45) is 0 Å². The first-order chi connectivity index (χ1) is 14.0. The van der Waals surface area contributed by atoms with Crippen molar-refractivity contribution in [3.05, 3.63) is 52.0 Å². The molecular formula is C18H20BrN7O3. The number of tetrazole rings is 1. The number of aryl methyl sites for hydroxylation is 1. The van der Waals surface area contributed by atoms with Crippen molar-refractivity contribution < 1.29 is 14.3 Å². The molecule has 0 aliphatic rings. The van der Waals surface area contributed by atoms with Crippen LogP contribution in [0.1, 0.15) is 11.1 Å². The number of carbonyl (C=O) groups is 1. The minimum atomic E-state index is -0.275. The monoisotopic (exact) mass is 461 g/mol. The lowest BCUT2D eigenvalue weighted by molar-refractivity contribution is -0.118. The fourth-order valence-electron chi connectivity index (χ4n) is 2.46. The molecule has 29 heavy (non-hydrogen) atoms. The van der Waals surface area contributed by atoms with Gasteiger partial charge in [-0.05, 0) is 63.1 Å². The van der Waals surface area contributed by atoms with Crippen LogP contribution in [0.3, 0.4) is 0 Å². The first kappa shape index (κ1) is 20.4. The van der Waals surface area contributed by atoms with Crippen LogP contribution in [-0.4, -0.2) is 39.9 Å². The number of aromatic nitrogens is 4. The zero-order valence-corrected chi connectivity index (χ0v) is 17.4. The number of benzene rings is 2. The summed E-state index contributed by atoms with van der Waals surface area (Å²) >= 11 is 3.46. The Bertz CT molecular complexity index is 992. The molecule has 0 aliphatic carbocycles. The normalized spacial score (nSPS) is 10.4. The molecule has 2 aromatic carbocycles. The Kier molecular flexibility index (Phi) is 6.50. The molecule has 0 bridgehead atoms. The number of nitrogens with zero attached hydrogens (tertiary/aromatic N) is 4. The summed E-state index contributed by atoms with van der Waals surface area (Å²) in [5.74, 6) is 0.777. The number of methoxy groups -OCH3 is 1. The van der Waals surface area contributed by atoms with Crippen LogP contribution in [0.15, 0.2) is 40.9 Å². The van der Waals surface area contributed by atoms with Crippen molar-refractivity contribution in [2.45, 2.75) is 13.5 Å². The number of nitrogens with one attached hydrogen (secondary N) is 2. The fraction of sp³-hybridized carbons (Fsp3) is 0.222. The van der Waals surface area contributed by atoms with Gasteiger partial charge in [-0.2, -0.15) is 0 Å². The van der Waals surface area contributed by atoms with Crippen LogP contribution in [0.2, 0.25) is 0 Å². The fourth-order valence-corrected chi connectivity index (χ4v) is 3.06. The molecule has 1 heterocycles. The molecule has 0 fully saturated rings. The molecule has 1 amide bonds. The van der Waals surface area contributed by atoms with Gasteiger partial charge in [0.05, 0.1) is 18.1 Å². The molecule has 3 aromatic rings. The largest absolute Gasteiger partial charge is 0.493 e. The molecule has 10 nitrogen and oxygen atoms in total. The van der Waals surface area contributed by atoms with E-state index in [0.717, 1.165) is 11.1 Å². The Morgan fingerprint density at radius 2 is 2.03 bits per heavy atom. The number of rotatable bonds is 8. The Hall–Kier alpha value is -3.34. The van der Waals surface area contributed by atoms with Gasteiger partial charge in [0.15, 0.2) is 18.1 Å². The summed E-state index contributed by atoms with van der Waals surface area (Å²) in [5, 5.41) is 13.5. The van der Waals surface area contributed by atoms with Crippen molar-refractivity contribution in [3.8, 4) is 11.5 Å². The van der Waals surface area contributed by atoms with Gasteiger partial charge in [-0.25, -0.2) is 0 Å². The Balaban J connectivity index is 1.63. The summed E-state index contributed by atoms with van der Waals surface area (Å²) in [4.78, 5) is 13.4. The quantitative estimate of drug-likeness (QED) is 0.464. The van der Waals surface area contributed by atoms with Crippen molar-refractivity contribution in [1.29, 1.82) is 0 Å². The van der Waals surface area contributed by atoms with Crippen LogP contribution in [0.4, 0.5) is 11.6 Å². The van der Waals surface area contributed by atoms with E-state index >= 15 is 0 Å². The lowest BCUT2D eigenvalue weighted by Crippen LogP contribution is -2.20. The first-order valence-electron chi connectivity index (χ1n) is 8.59. The van der Waals surface area contributed by atoms with Crippen LogP contribution < -0.4 is 25.9 Å². The predicted octanol–water partition coefficient (Wildman–Crippen LogP) is 2.10. The molecule has 152 valence electrons. The zero-order valence-electron chi connectivity index (χ0n) is 15.8. The van der Waals surface area contributed by atoms with E-state index in [0.29, 0.717) is 28.2 Å². The van der Waals surface area contributed by atoms with Crippen LogP contribution in [-0.2, 0) is 11.3 Å². The topological polar surface area (TPSA) is 129 Å². The molecule has 0 saturated heterocycles. The molecule has 4 N–H and O–H groups in total. The summed E-state index contributed by atoms with van der Waals surface area (Å²) in [5.41, 5.74) is 11.3. The summed E-state index contributed by atoms with van der Waals surface area (Å²) in [6.45, 7) is 2.20. The number of nitrogens with two attached hydrogens (primary N) is 1. The van der Waals surface area contributed by atoms with E-state index in [1.54, 1.807) is 6.07 Å². The van der Waals surface area contributed by atoms with Crippen molar-refractivity contribution in [2.75, 3.05) is 30.2 Å². The maximum absolute atomic E-state index is 12.2. The van der Waals surface area contributed by atoms with Crippen LogP contribution in [0.5, 0.6) is 11.5 Å². The van der Waals surface area contributed by atoms with Gasteiger partial charge in [0.2, 0.25) is 0 Å². The molecule has 1 aromatic heterocycles. The predicted molar refractivity (Wildman–Crippen MR) is 111 cm³/mol. The number of nitrogen functional groups attached to an aromatic ring is 1. The highest BCUT2D eigenvalue weighted by molar-refractivity contribution is 9.10. The van der Waals surface area contributed by atoms with Crippen LogP contribution in [0, 0.1) is 6.92 Å². The number of carbonyl (C=O) groups excluding carboxylic acids is 1. The molecule has 11 heteroatoms. The zero-order chi connectivity index (χ0) is 20.8. The summed E-state index contributed by atoms with van der Waals surface area (Å²) < 4.78 is 11.7. The molecule has 0 atom stereocenters. The molecule has 0 saturated carbocycles. The maximum atomic E-state index is 12.2. The highest BCUT2D eigenvalue weighted by Crippen LogP contribution is 2.36. The Morgan fingerprint density at radius 3 is 2.69 bits per heavy atom. The first-order valence-corrected chi connectivity index (χ1v) is 9.39. The van der Waals surface area contributed by atoms with E-state index in [4.69, 9.17) is 15.2 Å². The van der Waals surface area contributed by atoms with E-state index < -0.39 is 0 Å². The van der Waals surface area contributed by atoms with Gasteiger partial charge in [0, 0.05) is 5.69 Å². The second kappa shape index (κ2) is 9.24. The standard InChI is InChI=1S/C18H20BrN7O3/c1-11-3-5-13(6-4-11)22-16(27)10-29-17-14(19)7-12(8-15(17)28-2)9-21-26-18(20)23-24-25-26/h3-8,21H,9-10H2,1-2H3,(H,22,27)(H2,20,23,25). The molecule has 3 rings (SSSR count). The van der Waals surface area contributed by atoms with Gasteiger partial charge in [-0.1, -0.05) is 22.8 Å². The molecular weight excluding hydrogens is 442 g/mol. The van der Waals surface area contributed by atoms with Crippen molar-refractivity contribution in [3.63, 3.8) is 0 Å². The van der Waals surface area contributed by atoms with Crippen LogP contribution >= 0.6 is 15.9 Å². The van der Waals surface area contributed by atoms with Gasteiger partial charge in [0.25, 0.3) is 11.9 Å². The second-order valence-corrected chi connectivity index (χ2v) is 6.95. The maximum Gasteiger partial charge on any atom is 0.262 e. The van der Waals surface area contributed by atoms with Gasteiger partial charge >= 0.3 is 0 Å². The van der Waals surface area contributed by atoms with Crippen LogP contribution in [0.25, 0.3) is 0 Å². The van der Waals surface area contributed by atoms with Gasteiger partial charge in [0.1, 0.15) is 0 Å². The third-order valence-electron chi connectivity index (χ3n) is 3.90. The third-order valence-corrected chi connectivity index (χ3v) is 4.49. The van der Waals surface area contributed by atoms with E-state index in [1.807, 2.05) is 37.3 Å². The highest BCUT2D eigenvalue weighted by Gasteiger charge is 2.14. The Labute approximate surface area is 175 Å². The van der Waals surface area contributed by atoms with Gasteiger partial charge in [-0.3, -0.25) is 4.79 Å². The van der Waals surface area contributed by atoms with E-state index in [9.17, 15) is 4.79 Å². The van der Waals surface area contributed by atoms with E-state index in [2.05, 4.69) is 42.2 Å². The molecule has 0 unspecified atom stereocenters.